The normalized spacial score (nSPS) is 22.9. The van der Waals surface area contributed by atoms with Gasteiger partial charge in [-0.1, -0.05) is 0 Å². The molecule has 1 atom stereocenters. The number of rotatable bonds is 4. The minimum Gasteiger partial charge on any atom is -0.465 e. The maximum absolute atomic E-state index is 12.9. The standard InChI is InChI=1S/C17H25N3O4S/c1-13-11-15(3-4-16(13)17(21)24-2)25(22,23)20-8-5-14(12-20)19-9-6-18-7-10-19/h3-4,11,14,18H,5-10,12H2,1-2H3. The first-order valence-corrected chi connectivity index (χ1v) is 10.0. The van der Waals surface area contributed by atoms with Crippen molar-refractivity contribution in [2.24, 2.45) is 0 Å². The van der Waals surface area contributed by atoms with Crippen molar-refractivity contribution in [2.75, 3.05) is 46.4 Å². The first kappa shape index (κ1) is 18.3. The van der Waals surface area contributed by atoms with Crippen molar-refractivity contribution in [1.82, 2.24) is 14.5 Å². The molecule has 0 bridgehead atoms. The molecule has 2 fully saturated rings. The fraction of sp³-hybridized carbons (Fsp3) is 0.588. The first-order valence-electron chi connectivity index (χ1n) is 8.57. The molecule has 0 amide bonds. The van der Waals surface area contributed by atoms with Crippen molar-refractivity contribution in [1.29, 1.82) is 0 Å². The smallest absolute Gasteiger partial charge is 0.338 e. The minimum absolute atomic E-state index is 0.235. The third kappa shape index (κ3) is 3.72. The van der Waals surface area contributed by atoms with Gasteiger partial charge in [0.15, 0.2) is 0 Å². The molecular weight excluding hydrogens is 342 g/mol. The van der Waals surface area contributed by atoms with Crippen LogP contribution in [0.4, 0.5) is 0 Å². The van der Waals surface area contributed by atoms with Gasteiger partial charge in [-0.25, -0.2) is 13.2 Å². The topological polar surface area (TPSA) is 79.0 Å². The molecule has 1 N–H and O–H groups in total. The fourth-order valence-corrected chi connectivity index (χ4v) is 5.14. The molecule has 138 valence electrons. The second kappa shape index (κ2) is 7.41. The summed E-state index contributed by atoms with van der Waals surface area (Å²) in [6.45, 7) is 6.62. The Morgan fingerprint density at radius 3 is 2.60 bits per heavy atom. The highest BCUT2D eigenvalue weighted by atomic mass is 32.2. The van der Waals surface area contributed by atoms with E-state index in [1.54, 1.807) is 17.3 Å². The maximum Gasteiger partial charge on any atom is 0.338 e. The van der Waals surface area contributed by atoms with Crippen LogP contribution < -0.4 is 5.32 Å². The van der Waals surface area contributed by atoms with Crippen molar-refractivity contribution >= 4 is 16.0 Å². The summed E-state index contributed by atoms with van der Waals surface area (Å²) in [5, 5.41) is 3.32. The zero-order valence-corrected chi connectivity index (χ0v) is 15.5. The molecule has 0 radical (unpaired) electrons. The Labute approximate surface area is 149 Å². The monoisotopic (exact) mass is 367 g/mol. The van der Waals surface area contributed by atoms with Crippen LogP contribution in [0.5, 0.6) is 0 Å². The summed E-state index contributed by atoms with van der Waals surface area (Å²) in [6, 6.07) is 4.86. The lowest BCUT2D eigenvalue weighted by Gasteiger charge is -2.32. The number of hydrogen-bond donors (Lipinski definition) is 1. The van der Waals surface area contributed by atoms with Gasteiger partial charge in [0.2, 0.25) is 10.0 Å². The summed E-state index contributed by atoms with van der Waals surface area (Å²) in [7, 11) is -2.23. The van der Waals surface area contributed by atoms with Gasteiger partial charge in [0, 0.05) is 45.3 Å². The number of hydrogen-bond acceptors (Lipinski definition) is 6. The molecule has 0 saturated carbocycles. The molecule has 1 aromatic rings. The van der Waals surface area contributed by atoms with E-state index in [-0.39, 0.29) is 10.9 Å². The number of methoxy groups -OCH3 is 1. The van der Waals surface area contributed by atoms with Crippen LogP contribution in [-0.2, 0) is 14.8 Å². The molecular formula is C17H25N3O4S. The van der Waals surface area contributed by atoms with Crippen LogP contribution >= 0.6 is 0 Å². The molecule has 0 aliphatic carbocycles. The Bertz CT molecular complexity index is 744. The number of piperazine rings is 1. The van der Waals surface area contributed by atoms with Gasteiger partial charge < -0.3 is 10.1 Å². The van der Waals surface area contributed by atoms with Crippen molar-refractivity contribution in [3.8, 4) is 0 Å². The van der Waals surface area contributed by atoms with E-state index in [1.165, 1.54) is 19.2 Å². The van der Waals surface area contributed by atoms with E-state index in [4.69, 9.17) is 4.74 Å². The van der Waals surface area contributed by atoms with Gasteiger partial charge in [0.1, 0.15) is 0 Å². The average Bonchev–Trinajstić information content (AvgIpc) is 3.12. The van der Waals surface area contributed by atoms with E-state index in [1.807, 2.05) is 0 Å². The van der Waals surface area contributed by atoms with E-state index in [0.29, 0.717) is 24.2 Å². The quantitative estimate of drug-likeness (QED) is 0.779. The predicted molar refractivity (Wildman–Crippen MR) is 94.1 cm³/mol. The molecule has 3 rings (SSSR count). The van der Waals surface area contributed by atoms with Gasteiger partial charge in [-0.15, -0.1) is 0 Å². The van der Waals surface area contributed by atoms with Crippen molar-refractivity contribution in [2.45, 2.75) is 24.3 Å². The highest BCUT2D eigenvalue weighted by Gasteiger charge is 2.35. The number of sulfonamides is 1. The number of nitrogens with one attached hydrogen (secondary N) is 1. The number of carbonyl (C=O) groups is 1. The molecule has 1 aromatic carbocycles. The summed E-state index contributed by atoms with van der Waals surface area (Å²) < 4.78 is 32.2. The summed E-state index contributed by atoms with van der Waals surface area (Å²) in [6.07, 6.45) is 0.860. The Kier molecular flexibility index (Phi) is 5.43. The van der Waals surface area contributed by atoms with E-state index >= 15 is 0 Å². The van der Waals surface area contributed by atoms with Crippen LogP contribution in [0.2, 0.25) is 0 Å². The summed E-state index contributed by atoms with van der Waals surface area (Å²) in [4.78, 5) is 14.3. The molecule has 0 aromatic heterocycles. The second-order valence-electron chi connectivity index (χ2n) is 6.56. The first-order chi connectivity index (χ1) is 11.9. The van der Waals surface area contributed by atoms with E-state index in [9.17, 15) is 13.2 Å². The molecule has 1 unspecified atom stereocenters. The summed E-state index contributed by atoms with van der Waals surface area (Å²) in [5.74, 6) is -0.457. The highest BCUT2D eigenvalue weighted by molar-refractivity contribution is 7.89. The van der Waals surface area contributed by atoms with Crippen LogP contribution in [-0.4, -0.2) is 76.0 Å². The SMILES string of the molecule is COC(=O)c1ccc(S(=O)(=O)N2CCC(N3CCNCC3)C2)cc1C. The summed E-state index contributed by atoms with van der Waals surface area (Å²) >= 11 is 0. The molecule has 2 saturated heterocycles. The Hall–Kier alpha value is -1.48. The van der Waals surface area contributed by atoms with E-state index in [2.05, 4.69) is 10.2 Å². The highest BCUT2D eigenvalue weighted by Crippen LogP contribution is 2.25. The lowest BCUT2D eigenvalue weighted by atomic mass is 10.1. The number of carbonyl (C=O) groups excluding carboxylic acids is 1. The van der Waals surface area contributed by atoms with Crippen LogP contribution in [0.15, 0.2) is 23.1 Å². The largest absolute Gasteiger partial charge is 0.465 e. The minimum atomic E-state index is -3.54. The van der Waals surface area contributed by atoms with Crippen LogP contribution in [0.25, 0.3) is 0 Å². The van der Waals surface area contributed by atoms with Gasteiger partial charge >= 0.3 is 5.97 Å². The molecule has 2 aliphatic rings. The van der Waals surface area contributed by atoms with E-state index < -0.39 is 16.0 Å². The van der Waals surface area contributed by atoms with Gasteiger partial charge in [-0.2, -0.15) is 4.31 Å². The van der Waals surface area contributed by atoms with Crippen LogP contribution in [0.3, 0.4) is 0 Å². The van der Waals surface area contributed by atoms with Gasteiger partial charge in [0.25, 0.3) is 0 Å². The Morgan fingerprint density at radius 2 is 1.96 bits per heavy atom. The van der Waals surface area contributed by atoms with Crippen molar-refractivity contribution < 1.29 is 17.9 Å². The lowest BCUT2D eigenvalue weighted by molar-refractivity contribution is 0.0600. The number of ether oxygens (including phenoxy) is 1. The summed E-state index contributed by atoms with van der Waals surface area (Å²) in [5.41, 5.74) is 0.993. The third-order valence-electron chi connectivity index (χ3n) is 5.04. The van der Waals surface area contributed by atoms with Crippen molar-refractivity contribution in [3.63, 3.8) is 0 Å². The molecule has 2 aliphatic heterocycles. The molecule has 7 nitrogen and oxygen atoms in total. The predicted octanol–water partition coefficient (Wildman–Crippen LogP) is 0.450. The number of esters is 1. The number of aryl methyl sites for hydroxylation is 1. The average molecular weight is 367 g/mol. The maximum atomic E-state index is 12.9. The van der Waals surface area contributed by atoms with Crippen LogP contribution in [0.1, 0.15) is 22.3 Å². The van der Waals surface area contributed by atoms with Gasteiger partial charge in [-0.05, 0) is 37.1 Å². The zero-order valence-electron chi connectivity index (χ0n) is 14.7. The number of benzene rings is 1. The Morgan fingerprint density at radius 1 is 1.24 bits per heavy atom. The third-order valence-corrected chi connectivity index (χ3v) is 6.90. The lowest BCUT2D eigenvalue weighted by Crippen LogP contribution is -2.49. The Balaban J connectivity index is 1.75. The van der Waals surface area contributed by atoms with Gasteiger partial charge in [-0.3, -0.25) is 4.90 Å². The fourth-order valence-electron chi connectivity index (χ4n) is 3.56. The van der Waals surface area contributed by atoms with Gasteiger partial charge in [0.05, 0.1) is 17.6 Å². The molecule has 8 heteroatoms. The second-order valence-corrected chi connectivity index (χ2v) is 8.50. The molecule has 2 heterocycles. The van der Waals surface area contributed by atoms with E-state index in [0.717, 1.165) is 32.6 Å². The molecule has 25 heavy (non-hydrogen) atoms. The molecule has 0 spiro atoms. The zero-order chi connectivity index (χ0) is 18.0. The number of nitrogens with zero attached hydrogens (tertiary/aromatic N) is 2. The van der Waals surface area contributed by atoms with Crippen molar-refractivity contribution in [3.05, 3.63) is 29.3 Å². The van der Waals surface area contributed by atoms with Crippen LogP contribution in [0, 0.1) is 6.92 Å².